The van der Waals surface area contributed by atoms with Crippen LogP contribution < -0.4 is 4.90 Å². The Morgan fingerprint density at radius 3 is 2.32 bits per heavy atom. The molecule has 1 aliphatic heterocycles. The van der Waals surface area contributed by atoms with E-state index in [2.05, 4.69) is 4.98 Å². The predicted octanol–water partition coefficient (Wildman–Crippen LogP) is 4.72. The highest BCUT2D eigenvalue weighted by Crippen LogP contribution is 2.32. The molecule has 1 fully saturated rings. The van der Waals surface area contributed by atoms with E-state index in [4.69, 9.17) is 5.11 Å². The van der Waals surface area contributed by atoms with E-state index >= 15 is 0 Å². The summed E-state index contributed by atoms with van der Waals surface area (Å²) in [6.45, 7) is 2.57. The maximum Gasteiger partial charge on any atom is 0.416 e. The van der Waals surface area contributed by atoms with Gasteiger partial charge in [0.2, 0.25) is 0 Å². The molecule has 0 spiro atoms. The van der Waals surface area contributed by atoms with Crippen LogP contribution in [0, 0.1) is 6.92 Å². The van der Waals surface area contributed by atoms with Gasteiger partial charge in [0.15, 0.2) is 0 Å². The van der Waals surface area contributed by atoms with Gasteiger partial charge < -0.3 is 19.9 Å². The number of anilines is 1. The van der Waals surface area contributed by atoms with Crippen LogP contribution in [-0.4, -0.2) is 58.8 Å². The number of halogens is 3. The number of H-pyrrole nitrogens is 1. The van der Waals surface area contributed by atoms with E-state index in [0.29, 0.717) is 22.6 Å². The highest BCUT2D eigenvalue weighted by atomic mass is 19.4. The average molecular weight is 526 g/mol. The molecule has 7 nitrogen and oxygen atoms in total. The molecule has 1 amide bonds. The first kappa shape index (κ1) is 26.7. The molecular formula is C28H26F3N3O4. The number of rotatable bonds is 7. The van der Waals surface area contributed by atoms with Gasteiger partial charge in [0.05, 0.1) is 11.1 Å². The first-order valence-corrected chi connectivity index (χ1v) is 12.0. The summed E-state index contributed by atoms with van der Waals surface area (Å²) in [7, 11) is 0. The molecular weight excluding hydrogens is 499 g/mol. The number of carboxylic acid groups (broad SMARTS) is 1. The van der Waals surface area contributed by atoms with Crippen LogP contribution in [0.1, 0.15) is 27.2 Å². The van der Waals surface area contributed by atoms with E-state index in [9.17, 15) is 27.6 Å². The van der Waals surface area contributed by atoms with Crippen LogP contribution in [0.25, 0.3) is 11.3 Å². The van der Waals surface area contributed by atoms with Gasteiger partial charge in [-0.05, 0) is 42.7 Å². The Bertz CT molecular complexity index is 1370. The number of alkyl halides is 3. The number of aliphatic carboxylic acids is 1. The molecule has 1 aliphatic rings. The number of carbonyl (C=O) groups excluding carboxylic acids is 2. The Hall–Kier alpha value is -4.34. The molecule has 2 N–H and O–H groups in total. The molecule has 38 heavy (non-hydrogen) atoms. The average Bonchev–Trinajstić information content (AvgIpc) is 3.23. The quantitative estimate of drug-likeness (QED) is 0.265. The topological polar surface area (TPSA) is 93.7 Å². The second-order valence-electron chi connectivity index (χ2n) is 8.95. The van der Waals surface area contributed by atoms with E-state index in [1.165, 1.54) is 17.0 Å². The Morgan fingerprint density at radius 2 is 1.68 bits per heavy atom. The minimum Gasteiger partial charge on any atom is -0.478 e. The molecule has 0 aliphatic carbocycles. The van der Waals surface area contributed by atoms with Gasteiger partial charge >= 0.3 is 12.1 Å². The summed E-state index contributed by atoms with van der Waals surface area (Å²) >= 11 is 0. The van der Waals surface area contributed by atoms with Crippen LogP contribution in [0.5, 0.6) is 0 Å². The Morgan fingerprint density at radius 1 is 1.00 bits per heavy atom. The molecule has 0 bridgehead atoms. The first-order chi connectivity index (χ1) is 18.1. The van der Waals surface area contributed by atoms with Crippen molar-refractivity contribution < 1.29 is 32.7 Å². The van der Waals surface area contributed by atoms with Gasteiger partial charge in [0, 0.05) is 49.3 Å². The molecule has 0 unspecified atom stereocenters. The van der Waals surface area contributed by atoms with Gasteiger partial charge in [-0.2, -0.15) is 13.2 Å². The van der Waals surface area contributed by atoms with Crippen molar-refractivity contribution in [1.29, 1.82) is 0 Å². The third-order valence-corrected chi connectivity index (χ3v) is 6.46. The number of nitrogens with zero attached hydrogens (tertiary/aromatic N) is 2. The Labute approximate surface area is 217 Å². The highest BCUT2D eigenvalue weighted by molar-refractivity contribution is 6.43. The molecule has 1 aromatic heterocycles. The number of carboxylic acids is 1. The molecule has 0 saturated carbocycles. The molecule has 3 aromatic rings. The van der Waals surface area contributed by atoms with Gasteiger partial charge in [-0.1, -0.05) is 42.5 Å². The van der Waals surface area contributed by atoms with Crippen molar-refractivity contribution in [3.8, 4) is 11.3 Å². The lowest BCUT2D eigenvalue weighted by Gasteiger charge is -2.36. The summed E-state index contributed by atoms with van der Waals surface area (Å²) in [4.78, 5) is 44.0. The van der Waals surface area contributed by atoms with Crippen LogP contribution in [-0.2, 0) is 22.2 Å². The van der Waals surface area contributed by atoms with Gasteiger partial charge in [-0.25, -0.2) is 4.79 Å². The third-order valence-electron chi connectivity index (χ3n) is 6.46. The number of amides is 1. The lowest BCUT2D eigenvalue weighted by atomic mass is 9.97. The normalized spacial score (nSPS) is 14.2. The molecule has 0 atom stereocenters. The number of Topliss-reactive ketones (excluding diaryl/α,β-unsaturated/α-hetero) is 1. The summed E-state index contributed by atoms with van der Waals surface area (Å²) in [5, 5.41) is 9.00. The van der Waals surface area contributed by atoms with Gasteiger partial charge in [-0.3, -0.25) is 9.59 Å². The summed E-state index contributed by atoms with van der Waals surface area (Å²) in [6.07, 6.45) is -1.92. The zero-order chi connectivity index (χ0) is 27.4. The fraction of sp³-hybridized carbons (Fsp3) is 0.250. The van der Waals surface area contributed by atoms with Crippen molar-refractivity contribution >= 4 is 23.3 Å². The minimum absolute atomic E-state index is 0.124. The van der Waals surface area contributed by atoms with Crippen molar-refractivity contribution in [2.24, 2.45) is 0 Å². The van der Waals surface area contributed by atoms with Crippen LogP contribution in [0.15, 0.2) is 66.7 Å². The van der Waals surface area contributed by atoms with Crippen LogP contribution >= 0.6 is 0 Å². The van der Waals surface area contributed by atoms with Crippen molar-refractivity contribution in [3.63, 3.8) is 0 Å². The number of nitrogens with one attached hydrogen (secondary N) is 1. The Balaban J connectivity index is 1.54. The number of carbonyl (C=O) groups is 3. The number of ketones is 1. The fourth-order valence-corrected chi connectivity index (χ4v) is 4.61. The largest absolute Gasteiger partial charge is 0.478 e. The molecule has 2 aromatic carbocycles. The Kier molecular flexibility index (Phi) is 7.70. The van der Waals surface area contributed by atoms with Crippen molar-refractivity contribution in [1.82, 2.24) is 9.88 Å². The minimum atomic E-state index is -4.45. The highest BCUT2D eigenvalue weighted by Gasteiger charge is 2.33. The second kappa shape index (κ2) is 11.0. The number of allylic oxidation sites excluding steroid dienone is 1. The second-order valence-corrected chi connectivity index (χ2v) is 8.95. The number of piperazine rings is 1. The monoisotopic (exact) mass is 525 g/mol. The number of aromatic nitrogens is 1. The SMILES string of the molecule is Cc1[nH]c(-c2ccccc2)c(C/C=C/C(=O)O)c1C(=O)C(=O)N1CCN(c2cccc(C(F)(F)F)c2)CC1. The van der Waals surface area contributed by atoms with E-state index in [-0.39, 0.29) is 38.2 Å². The van der Waals surface area contributed by atoms with Gasteiger partial charge in [0.25, 0.3) is 11.7 Å². The van der Waals surface area contributed by atoms with E-state index in [1.807, 2.05) is 30.3 Å². The van der Waals surface area contributed by atoms with Crippen LogP contribution in [0.3, 0.4) is 0 Å². The van der Waals surface area contributed by atoms with Crippen molar-refractivity contribution in [2.75, 3.05) is 31.1 Å². The molecule has 2 heterocycles. The third kappa shape index (κ3) is 5.80. The number of hydrogen-bond acceptors (Lipinski definition) is 4. The zero-order valence-electron chi connectivity index (χ0n) is 20.6. The number of hydrogen-bond donors (Lipinski definition) is 2. The summed E-state index contributed by atoms with van der Waals surface area (Å²) in [5.41, 5.74) is 2.28. The summed E-state index contributed by atoms with van der Waals surface area (Å²) in [6, 6.07) is 14.2. The summed E-state index contributed by atoms with van der Waals surface area (Å²) in [5.74, 6) is -2.55. The zero-order valence-corrected chi connectivity index (χ0v) is 20.6. The van der Waals surface area contributed by atoms with Crippen LogP contribution in [0.2, 0.25) is 0 Å². The molecule has 4 rings (SSSR count). The van der Waals surface area contributed by atoms with Crippen molar-refractivity contribution in [3.05, 3.63) is 89.1 Å². The molecule has 10 heteroatoms. The van der Waals surface area contributed by atoms with Gasteiger partial charge in [-0.15, -0.1) is 0 Å². The van der Waals surface area contributed by atoms with Crippen molar-refractivity contribution in [2.45, 2.75) is 19.5 Å². The lowest BCUT2D eigenvalue weighted by molar-refractivity contribution is -0.137. The maximum absolute atomic E-state index is 13.4. The number of aromatic amines is 1. The smallest absolute Gasteiger partial charge is 0.416 e. The first-order valence-electron chi connectivity index (χ1n) is 12.0. The van der Waals surface area contributed by atoms with E-state index in [0.717, 1.165) is 23.8 Å². The van der Waals surface area contributed by atoms with E-state index in [1.54, 1.807) is 17.9 Å². The van der Waals surface area contributed by atoms with Crippen LogP contribution in [0.4, 0.5) is 18.9 Å². The summed E-state index contributed by atoms with van der Waals surface area (Å²) < 4.78 is 39.3. The standard InChI is InChI=1S/C28H26F3N3O4/c1-18-24(22(11-6-12-23(35)36)25(32-18)19-7-3-2-4-8-19)26(37)27(38)34-15-13-33(14-16-34)21-10-5-9-20(17-21)28(29,30)31/h2-10,12,17,32H,11,13-16H2,1H3,(H,35,36)/b12-6+. The van der Waals surface area contributed by atoms with Gasteiger partial charge in [0.1, 0.15) is 0 Å². The van der Waals surface area contributed by atoms with E-state index < -0.39 is 29.4 Å². The maximum atomic E-state index is 13.4. The fourth-order valence-electron chi connectivity index (χ4n) is 4.61. The lowest BCUT2D eigenvalue weighted by Crippen LogP contribution is -2.50. The number of benzene rings is 2. The molecule has 0 radical (unpaired) electrons. The molecule has 1 saturated heterocycles. The number of aryl methyl sites for hydroxylation is 1. The predicted molar refractivity (Wildman–Crippen MR) is 136 cm³/mol. The molecule has 198 valence electrons.